The Morgan fingerprint density at radius 2 is 1.96 bits per heavy atom. The van der Waals surface area contributed by atoms with Crippen molar-refractivity contribution >= 4 is 22.6 Å². The first-order chi connectivity index (χ1) is 12.0. The fraction of sp³-hybridized carbons (Fsp3) is 0.333. The zero-order valence-electron chi connectivity index (χ0n) is 14.8. The number of carbonyl (C=O) groups is 1. The molecule has 7 heteroatoms. The Kier molecular flexibility index (Phi) is 4.39. The Bertz CT molecular complexity index is 1020. The van der Waals surface area contributed by atoms with Crippen LogP contribution in [0.4, 0.5) is 5.82 Å². The molecule has 1 aromatic carbocycles. The summed E-state index contributed by atoms with van der Waals surface area (Å²) in [7, 11) is 3.47. The molecule has 3 aromatic rings. The molecule has 2 aromatic heterocycles. The third kappa shape index (κ3) is 2.93. The SMILES string of the molecule is CCc1nn(C)c(NC(=O)c2ccc3c(=O)n(C)cnc3c2)c1CC. The molecule has 0 saturated heterocycles. The molecule has 0 spiro atoms. The topological polar surface area (TPSA) is 81.8 Å². The first-order valence-corrected chi connectivity index (χ1v) is 8.27. The summed E-state index contributed by atoms with van der Waals surface area (Å²) in [6.45, 7) is 4.09. The van der Waals surface area contributed by atoms with E-state index in [1.54, 1.807) is 29.9 Å². The van der Waals surface area contributed by atoms with Crippen molar-refractivity contribution in [1.29, 1.82) is 0 Å². The number of amides is 1. The van der Waals surface area contributed by atoms with Gasteiger partial charge < -0.3 is 9.88 Å². The standard InChI is InChI=1S/C18H21N5O2/c1-5-12-14(6-2)21-23(4)16(12)20-17(24)11-7-8-13-15(9-11)19-10-22(3)18(13)25/h7-10H,5-6H2,1-4H3,(H,20,24). The van der Waals surface area contributed by atoms with Crippen LogP contribution in [0.25, 0.3) is 10.9 Å². The summed E-state index contributed by atoms with van der Waals surface area (Å²) in [5, 5.41) is 7.90. The van der Waals surface area contributed by atoms with E-state index in [-0.39, 0.29) is 11.5 Å². The average Bonchev–Trinajstić information content (AvgIpc) is 2.92. The van der Waals surface area contributed by atoms with Gasteiger partial charge in [0.2, 0.25) is 0 Å². The molecule has 0 fully saturated rings. The molecule has 0 bridgehead atoms. The van der Waals surface area contributed by atoms with Gasteiger partial charge in [0.15, 0.2) is 0 Å². The van der Waals surface area contributed by atoms with Gasteiger partial charge in [-0.05, 0) is 31.0 Å². The van der Waals surface area contributed by atoms with Crippen LogP contribution in [0.15, 0.2) is 29.3 Å². The van der Waals surface area contributed by atoms with Crippen LogP contribution in [0.3, 0.4) is 0 Å². The minimum absolute atomic E-state index is 0.135. The fourth-order valence-corrected chi connectivity index (χ4v) is 2.97. The van der Waals surface area contributed by atoms with E-state index in [4.69, 9.17) is 0 Å². The average molecular weight is 339 g/mol. The summed E-state index contributed by atoms with van der Waals surface area (Å²) >= 11 is 0. The fourth-order valence-electron chi connectivity index (χ4n) is 2.97. The maximum absolute atomic E-state index is 12.7. The van der Waals surface area contributed by atoms with Crippen molar-refractivity contribution in [3.8, 4) is 0 Å². The lowest BCUT2D eigenvalue weighted by molar-refractivity contribution is 0.102. The van der Waals surface area contributed by atoms with Crippen LogP contribution in [-0.4, -0.2) is 25.2 Å². The van der Waals surface area contributed by atoms with Gasteiger partial charge in [0.05, 0.1) is 22.9 Å². The number of carbonyl (C=O) groups excluding carboxylic acids is 1. The van der Waals surface area contributed by atoms with Crippen LogP contribution in [-0.2, 0) is 26.9 Å². The molecule has 25 heavy (non-hydrogen) atoms. The minimum atomic E-state index is -0.246. The first kappa shape index (κ1) is 16.9. The van der Waals surface area contributed by atoms with E-state index in [0.717, 1.165) is 24.1 Å². The van der Waals surface area contributed by atoms with E-state index in [1.165, 1.54) is 10.9 Å². The third-order valence-corrected chi connectivity index (χ3v) is 4.33. The second kappa shape index (κ2) is 6.51. The van der Waals surface area contributed by atoms with Crippen molar-refractivity contribution in [2.75, 3.05) is 5.32 Å². The highest BCUT2D eigenvalue weighted by molar-refractivity contribution is 6.06. The quantitative estimate of drug-likeness (QED) is 0.789. The van der Waals surface area contributed by atoms with Crippen molar-refractivity contribution in [1.82, 2.24) is 19.3 Å². The molecule has 0 atom stereocenters. The molecule has 1 N–H and O–H groups in total. The van der Waals surface area contributed by atoms with Crippen molar-refractivity contribution in [3.05, 3.63) is 51.7 Å². The molecule has 1 amide bonds. The lowest BCUT2D eigenvalue weighted by atomic mass is 10.1. The van der Waals surface area contributed by atoms with Crippen LogP contribution in [0.2, 0.25) is 0 Å². The normalized spacial score (nSPS) is 11.0. The van der Waals surface area contributed by atoms with Gasteiger partial charge in [0.1, 0.15) is 5.82 Å². The molecular weight excluding hydrogens is 318 g/mol. The van der Waals surface area contributed by atoms with E-state index in [2.05, 4.69) is 15.4 Å². The Morgan fingerprint density at radius 1 is 1.20 bits per heavy atom. The number of fused-ring (bicyclic) bond motifs is 1. The largest absolute Gasteiger partial charge is 0.307 e. The first-order valence-electron chi connectivity index (χ1n) is 8.27. The van der Waals surface area contributed by atoms with Crippen LogP contribution in [0.5, 0.6) is 0 Å². The van der Waals surface area contributed by atoms with Gasteiger partial charge in [0.25, 0.3) is 11.5 Å². The van der Waals surface area contributed by atoms with E-state index in [0.29, 0.717) is 22.3 Å². The molecule has 0 aliphatic carbocycles. The van der Waals surface area contributed by atoms with E-state index < -0.39 is 0 Å². The number of hydrogen-bond acceptors (Lipinski definition) is 4. The van der Waals surface area contributed by atoms with Crippen molar-refractivity contribution in [3.63, 3.8) is 0 Å². The van der Waals surface area contributed by atoms with E-state index in [1.807, 2.05) is 20.9 Å². The van der Waals surface area contributed by atoms with Gasteiger partial charge in [0, 0.05) is 25.2 Å². The summed E-state index contributed by atoms with van der Waals surface area (Å²) < 4.78 is 3.11. The number of aromatic nitrogens is 4. The molecule has 0 saturated carbocycles. The predicted octanol–water partition coefficient (Wildman–Crippen LogP) is 2.04. The maximum Gasteiger partial charge on any atom is 0.260 e. The Morgan fingerprint density at radius 3 is 2.64 bits per heavy atom. The van der Waals surface area contributed by atoms with Gasteiger partial charge in [-0.2, -0.15) is 5.10 Å². The summed E-state index contributed by atoms with van der Waals surface area (Å²) in [5.41, 5.74) is 2.86. The van der Waals surface area contributed by atoms with Gasteiger partial charge in [-0.1, -0.05) is 13.8 Å². The number of nitrogens with one attached hydrogen (secondary N) is 1. The third-order valence-electron chi connectivity index (χ3n) is 4.33. The number of hydrogen-bond donors (Lipinski definition) is 1. The lowest BCUT2D eigenvalue weighted by Gasteiger charge is -2.09. The monoisotopic (exact) mass is 339 g/mol. The van der Waals surface area contributed by atoms with Gasteiger partial charge >= 0.3 is 0 Å². The molecule has 130 valence electrons. The Labute approximate surface area is 145 Å². The van der Waals surface area contributed by atoms with Crippen LogP contribution < -0.4 is 10.9 Å². The molecule has 0 unspecified atom stereocenters. The van der Waals surface area contributed by atoms with Crippen LogP contribution in [0.1, 0.15) is 35.5 Å². The van der Waals surface area contributed by atoms with Gasteiger partial charge in [-0.3, -0.25) is 14.3 Å². The van der Waals surface area contributed by atoms with Crippen molar-refractivity contribution in [2.45, 2.75) is 26.7 Å². The van der Waals surface area contributed by atoms with E-state index >= 15 is 0 Å². The smallest absolute Gasteiger partial charge is 0.260 e. The zero-order chi connectivity index (χ0) is 18.1. The number of rotatable bonds is 4. The highest BCUT2D eigenvalue weighted by Gasteiger charge is 2.17. The van der Waals surface area contributed by atoms with Crippen LogP contribution in [0, 0.1) is 0 Å². The second-order valence-electron chi connectivity index (χ2n) is 5.95. The van der Waals surface area contributed by atoms with Crippen LogP contribution >= 0.6 is 0 Å². The van der Waals surface area contributed by atoms with E-state index in [9.17, 15) is 9.59 Å². The highest BCUT2D eigenvalue weighted by Crippen LogP contribution is 2.21. The number of nitrogens with zero attached hydrogens (tertiary/aromatic N) is 4. The summed E-state index contributed by atoms with van der Waals surface area (Å²) in [6, 6.07) is 4.92. The number of anilines is 1. The molecule has 3 rings (SSSR count). The lowest BCUT2D eigenvalue weighted by Crippen LogP contribution is -2.18. The Hall–Kier alpha value is -2.96. The Balaban J connectivity index is 1.97. The highest BCUT2D eigenvalue weighted by atomic mass is 16.1. The molecule has 7 nitrogen and oxygen atoms in total. The molecule has 2 heterocycles. The maximum atomic E-state index is 12.7. The number of aryl methyl sites for hydroxylation is 3. The van der Waals surface area contributed by atoms with Gasteiger partial charge in [-0.15, -0.1) is 0 Å². The minimum Gasteiger partial charge on any atom is -0.307 e. The second-order valence-corrected chi connectivity index (χ2v) is 5.95. The van der Waals surface area contributed by atoms with Crippen molar-refractivity contribution in [2.24, 2.45) is 14.1 Å². The molecule has 0 radical (unpaired) electrons. The summed E-state index contributed by atoms with van der Waals surface area (Å²) in [5.74, 6) is 0.464. The molecule has 0 aliphatic rings. The summed E-state index contributed by atoms with van der Waals surface area (Å²) in [6.07, 6.45) is 3.06. The molecular formula is C18H21N5O2. The van der Waals surface area contributed by atoms with Crippen molar-refractivity contribution < 1.29 is 4.79 Å². The summed E-state index contributed by atoms with van der Waals surface area (Å²) in [4.78, 5) is 29.0. The predicted molar refractivity (Wildman–Crippen MR) is 96.9 cm³/mol. The zero-order valence-corrected chi connectivity index (χ0v) is 14.8. The van der Waals surface area contributed by atoms with Gasteiger partial charge in [-0.25, -0.2) is 4.98 Å². The number of benzene rings is 1. The molecule has 0 aliphatic heterocycles.